The molecule has 2 heterocycles. The number of hydrazone groups is 1. The maximum atomic E-state index is 12.7. The van der Waals surface area contributed by atoms with Gasteiger partial charge in [0.2, 0.25) is 0 Å². The fourth-order valence-electron chi connectivity index (χ4n) is 2.92. The van der Waals surface area contributed by atoms with Gasteiger partial charge < -0.3 is 16.1 Å². The second kappa shape index (κ2) is 6.12. The second-order valence-electron chi connectivity index (χ2n) is 5.86. The van der Waals surface area contributed by atoms with E-state index in [9.17, 15) is 4.79 Å². The zero-order valence-corrected chi connectivity index (χ0v) is 13.8. The number of rotatable bonds is 4. The number of thiophene rings is 1. The van der Waals surface area contributed by atoms with E-state index in [1.807, 2.05) is 4.90 Å². The van der Waals surface area contributed by atoms with Crippen LogP contribution in [-0.2, 0) is 11.2 Å². The van der Waals surface area contributed by atoms with Gasteiger partial charge in [-0.05, 0) is 49.3 Å². The molecule has 1 saturated carbocycles. The van der Waals surface area contributed by atoms with Gasteiger partial charge in [0.15, 0.2) is 0 Å². The van der Waals surface area contributed by atoms with Crippen LogP contribution in [0.1, 0.15) is 36.2 Å². The van der Waals surface area contributed by atoms with Gasteiger partial charge in [-0.1, -0.05) is 0 Å². The first-order chi connectivity index (χ1) is 10.6. The molecule has 1 unspecified atom stereocenters. The van der Waals surface area contributed by atoms with Crippen molar-refractivity contribution >= 4 is 23.0 Å². The normalized spacial score (nSPS) is 22.5. The molecule has 2 aliphatic rings. The molecule has 1 aromatic heterocycles. The molecule has 3 N–H and O–H groups in total. The first kappa shape index (κ1) is 15.1. The van der Waals surface area contributed by atoms with Crippen LogP contribution in [0.2, 0.25) is 0 Å². The summed E-state index contributed by atoms with van der Waals surface area (Å²) in [4.78, 5) is 15.9. The fraction of sp³-hybridized carbons (Fsp3) is 0.500. The number of nitrogens with one attached hydrogen (secondary N) is 1. The zero-order valence-electron chi connectivity index (χ0n) is 13.0. The van der Waals surface area contributed by atoms with E-state index < -0.39 is 0 Å². The van der Waals surface area contributed by atoms with Crippen LogP contribution in [0.25, 0.3) is 0 Å². The number of fused-ring (bicyclic) bond motifs is 1. The molecule has 1 aliphatic heterocycles. The maximum Gasteiger partial charge on any atom is 0.270 e. The number of hydrogen-bond donors (Lipinski definition) is 2. The average Bonchev–Trinajstić information content (AvgIpc) is 3.24. The molecular formula is C16H22N4OS. The van der Waals surface area contributed by atoms with Crippen molar-refractivity contribution < 1.29 is 4.79 Å². The summed E-state index contributed by atoms with van der Waals surface area (Å²) in [5.74, 6) is 0.356. The number of carbonyl (C=O) groups excluding carboxylic acids is 1. The molecule has 0 saturated heterocycles. The van der Waals surface area contributed by atoms with Crippen LogP contribution < -0.4 is 11.2 Å². The number of allylic oxidation sites excluding steroid dienone is 1. The molecule has 1 aliphatic carbocycles. The molecule has 5 nitrogen and oxygen atoms in total. The Kier molecular flexibility index (Phi) is 4.20. The molecular weight excluding hydrogens is 296 g/mol. The number of hydrogen-bond acceptors (Lipinski definition) is 5. The fourth-order valence-corrected chi connectivity index (χ4v) is 3.89. The minimum atomic E-state index is -0.0891. The smallest absolute Gasteiger partial charge is 0.270 e. The Hall–Kier alpha value is -1.82. The Balaban J connectivity index is 1.77. The van der Waals surface area contributed by atoms with E-state index in [1.54, 1.807) is 24.5 Å². The molecule has 0 spiro atoms. The molecule has 1 fully saturated rings. The summed E-state index contributed by atoms with van der Waals surface area (Å²) in [6, 6.07) is 2.20. The quantitative estimate of drug-likeness (QED) is 0.507. The third kappa shape index (κ3) is 2.88. The lowest BCUT2D eigenvalue weighted by molar-refractivity contribution is -0.129. The van der Waals surface area contributed by atoms with Gasteiger partial charge in [0, 0.05) is 24.4 Å². The largest absolute Gasteiger partial charge is 0.394 e. The summed E-state index contributed by atoms with van der Waals surface area (Å²) in [6.45, 7) is 2.80. The van der Waals surface area contributed by atoms with Crippen molar-refractivity contribution in [1.29, 1.82) is 0 Å². The summed E-state index contributed by atoms with van der Waals surface area (Å²) in [5.41, 5.74) is 11.3. The zero-order chi connectivity index (χ0) is 15.7. The van der Waals surface area contributed by atoms with Gasteiger partial charge in [0.25, 0.3) is 5.91 Å². The first-order valence-electron chi connectivity index (χ1n) is 7.70. The van der Waals surface area contributed by atoms with Crippen LogP contribution in [0.3, 0.4) is 0 Å². The molecule has 0 radical (unpaired) electrons. The van der Waals surface area contributed by atoms with Crippen LogP contribution >= 0.6 is 11.3 Å². The van der Waals surface area contributed by atoms with Gasteiger partial charge in [0.05, 0.1) is 17.5 Å². The topological polar surface area (TPSA) is 70.7 Å². The SMILES string of the molecule is CNN=C(C=C(N)C(=O)N1CCc2sccc2C1C)C1CC1. The molecule has 0 bridgehead atoms. The number of nitrogens with two attached hydrogens (primary N) is 1. The van der Waals surface area contributed by atoms with Crippen molar-refractivity contribution in [3.8, 4) is 0 Å². The van der Waals surface area contributed by atoms with Crippen LogP contribution in [0.4, 0.5) is 0 Å². The Labute approximate surface area is 134 Å². The average molecular weight is 318 g/mol. The molecule has 0 aromatic carbocycles. The van der Waals surface area contributed by atoms with Crippen molar-refractivity contribution in [2.24, 2.45) is 16.8 Å². The third-order valence-corrected chi connectivity index (χ3v) is 5.32. The van der Waals surface area contributed by atoms with E-state index >= 15 is 0 Å². The van der Waals surface area contributed by atoms with Gasteiger partial charge in [-0.2, -0.15) is 5.10 Å². The van der Waals surface area contributed by atoms with Crippen molar-refractivity contribution in [3.05, 3.63) is 33.7 Å². The molecule has 1 aromatic rings. The minimum absolute atomic E-state index is 0.0834. The Morgan fingerprint density at radius 1 is 1.55 bits per heavy atom. The minimum Gasteiger partial charge on any atom is -0.394 e. The van der Waals surface area contributed by atoms with Crippen molar-refractivity contribution in [2.45, 2.75) is 32.2 Å². The number of amides is 1. The highest BCUT2D eigenvalue weighted by atomic mass is 32.1. The number of nitrogens with zero attached hydrogens (tertiary/aromatic N) is 2. The van der Waals surface area contributed by atoms with Gasteiger partial charge in [-0.25, -0.2) is 0 Å². The second-order valence-corrected chi connectivity index (χ2v) is 6.86. The lowest BCUT2D eigenvalue weighted by atomic mass is 10.0. The van der Waals surface area contributed by atoms with E-state index in [0.717, 1.165) is 31.5 Å². The van der Waals surface area contributed by atoms with Crippen LogP contribution in [0.15, 0.2) is 28.3 Å². The number of carbonyl (C=O) groups is 1. The standard InChI is InChI=1S/C16H22N4OS/c1-10-12-6-8-22-15(12)5-7-20(10)16(21)13(17)9-14(19-18-2)11-3-4-11/h6,8-11,18H,3-5,7,17H2,1-2H3. The first-order valence-corrected chi connectivity index (χ1v) is 8.58. The summed E-state index contributed by atoms with van der Waals surface area (Å²) < 4.78 is 0. The van der Waals surface area contributed by atoms with Crippen LogP contribution in [0, 0.1) is 5.92 Å². The van der Waals surface area contributed by atoms with Gasteiger partial charge in [-0.15, -0.1) is 11.3 Å². The summed E-state index contributed by atoms with van der Waals surface area (Å²) >= 11 is 1.77. The predicted molar refractivity (Wildman–Crippen MR) is 89.6 cm³/mol. The molecule has 22 heavy (non-hydrogen) atoms. The van der Waals surface area contributed by atoms with Crippen molar-refractivity contribution in [2.75, 3.05) is 13.6 Å². The monoisotopic (exact) mass is 318 g/mol. The molecule has 6 heteroatoms. The highest BCUT2D eigenvalue weighted by molar-refractivity contribution is 7.10. The maximum absolute atomic E-state index is 12.7. The Morgan fingerprint density at radius 3 is 3.00 bits per heavy atom. The van der Waals surface area contributed by atoms with E-state index in [-0.39, 0.29) is 17.6 Å². The van der Waals surface area contributed by atoms with E-state index in [4.69, 9.17) is 5.73 Å². The lowest BCUT2D eigenvalue weighted by Gasteiger charge is -2.33. The highest BCUT2D eigenvalue weighted by Gasteiger charge is 2.31. The third-order valence-electron chi connectivity index (χ3n) is 4.32. The van der Waals surface area contributed by atoms with E-state index in [2.05, 4.69) is 28.9 Å². The molecule has 1 atom stereocenters. The molecule has 118 valence electrons. The summed E-state index contributed by atoms with van der Waals surface area (Å²) in [5, 5.41) is 6.34. The molecule has 1 amide bonds. The molecule has 3 rings (SSSR count). The van der Waals surface area contributed by atoms with Gasteiger partial charge in [-0.3, -0.25) is 4.79 Å². The Bertz CT molecular complexity index is 630. The van der Waals surface area contributed by atoms with Crippen LogP contribution in [-0.4, -0.2) is 30.1 Å². The van der Waals surface area contributed by atoms with E-state index in [0.29, 0.717) is 5.92 Å². The summed E-state index contributed by atoms with van der Waals surface area (Å²) in [6.07, 6.45) is 4.90. The Morgan fingerprint density at radius 2 is 2.32 bits per heavy atom. The van der Waals surface area contributed by atoms with Crippen molar-refractivity contribution in [3.63, 3.8) is 0 Å². The lowest BCUT2D eigenvalue weighted by Crippen LogP contribution is -2.40. The highest BCUT2D eigenvalue weighted by Crippen LogP contribution is 2.34. The van der Waals surface area contributed by atoms with Crippen LogP contribution in [0.5, 0.6) is 0 Å². The summed E-state index contributed by atoms with van der Waals surface area (Å²) in [7, 11) is 1.76. The van der Waals surface area contributed by atoms with Crippen molar-refractivity contribution in [1.82, 2.24) is 10.3 Å². The predicted octanol–water partition coefficient (Wildman–Crippen LogP) is 2.02. The van der Waals surface area contributed by atoms with Gasteiger partial charge in [0.1, 0.15) is 0 Å². The van der Waals surface area contributed by atoms with Gasteiger partial charge >= 0.3 is 0 Å². The van der Waals surface area contributed by atoms with E-state index in [1.165, 1.54) is 10.4 Å².